The van der Waals surface area contributed by atoms with E-state index in [1.165, 1.54) is 32.1 Å². The summed E-state index contributed by atoms with van der Waals surface area (Å²) in [6.45, 7) is 8.93. The minimum Gasteiger partial charge on any atom is -0.379 e. The van der Waals surface area contributed by atoms with Gasteiger partial charge in [0, 0.05) is 13.2 Å². The quantitative estimate of drug-likeness (QED) is 0.489. The first-order valence-electron chi connectivity index (χ1n) is 6.50. The maximum Gasteiger partial charge on any atom is 0.0780 e. The van der Waals surface area contributed by atoms with Crippen LogP contribution in [0.2, 0.25) is 0 Å². The average molecular weight is 216 g/mol. The molecule has 15 heavy (non-hydrogen) atoms. The molecule has 0 aliphatic carbocycles. The van der Waals surface area contributed by atoms with Crippen LogP contribution in [0, 0.1) is 0 Å². The largest absolute Gasteiger partial charge is 0.379 e. The Morgan fingerprint density at radius 2 is 1.60 bits per heavy atom. The van der Waals surface area contributed by atoms with Crippen LogP contribution in [0.3, 0.4) is 0 Å². The monoisotopic (exact) mass is 216 g/mol. The van der Waals surface area contributed by atoms with Gasteiger partial charge in [0.2, 0.25) is 0 Å². The van der Waals surface area contributed by atoms with Crippen molar-refractivity contribution in [1.82, 2.24) is 0 Å². The fraction of sp³-hybridized carbons (Fsp3) is 1.00. The summed E-state index contributed by atoms with van der Waals surface area (Å²) in [4.78, 5) is 0. The van der Waals surface area contributed by atoms with E-state index in [9.17, 15) is 0 Å². The molecule has 0 rings (SSSR count). The van der Waals surface area contributed by atoms with Gasteiger partial charge in [0.1, 0.15) is 0 Å². The summed E-state index contributed by atoms with van der Waals surface area (Å²) in [7, 11) is 0. The highest BCUT2D eigenvalue weighted by atomic mass is 16.5. The van der Waals surface area contributed by atoms with Gasteiger partial charge in [-0.2, -0.15) is 0 Å². The number of rotatable bonds is 11. The first-order chi connectivity index (χ1) is 7.31. The van der Waals surface area contributed by atoms with Gasteiger partial charge in [-0.3, -0.25) is 0 Å². The first kappa shape index (κ1) is 14.9. The van der Waals surface area contributed by atoms with E-state index in [0.29, 0.717) is 0 Å². The van der Waals surface area contributed by atoms with Crippen LogP contribution in [0.5, 0.6) is 0 Å². The van der Waals surface area contributed by atoms with Crippen molar-refractivity contribution in [3.8, 4) is 0 Å². The van der Waals surface area contributed by atoms with Crippen LogP contribution in [-0.4, -0.2) is 25.9 Å². The highest BCUT2D eigenvalue weighted by Gasteiger charge is 2.00. The Morgan fingerprint density at radius 3 is 2.27 bits per heavy atom. The Kier molecular flexibility index (Phi) is 11.9. The molecular weight excluding hydrogens is 188 g/mol. The minimum absolute atomic E-state index is 0.251. The van der Waals surface area contributed by atoms with E-state index < -0.39 is 0 Å². The van der Waals surface area contributed by atoms with Gasteiger partial charge in [0.05, 0.1) is 12.7 Å². The summed E-state index contributed by atoms with van der Waals surface area (Å²) in [6, 6.07) is 0. The normalized spacial score (nSPS) is 13.0. The van der Waals surface area contributed by atoms with E-state index in [2.05, 4.69) is 20.8 Å². The lowest BCUT2D eigenvalue weighted by Gasteiger charge is -2.12. The second-order valence-corrected chi connectivity index (χ2v) is 4.17. The summed E-state index contributed by atoms with van der Waals surface area (Å²) in [5, 5.41) is 0. The zero-order chi connectivity index (χ0) is 11.4. The number of hydrogen-bond donors (Lipinski definition) is 0. The van der Waals surface area contributed by atoms with Gasteiger partial charge in [-0.1, -0.05) is 39.5 Å². The Labute approximate surface area is 95.3 Å². The molecule has 0 aliphatic rings. The molecule has 0 amide bonds. The Bertz CT molecular complexity index is 115. The molecule has 0 heterocycles. The highest BCUT2D eigenvalue weighted by molar-refractivity contribution is 4.47. The van der Waals surface area contributed by atoms with Gasteiger partial charge in [-0.25, -0.2) is 0 Å². The van der Waals surface area contributed by atoms with Crippen molar-refractivity contribution >= 4 is 0 Å². The third-order valence-corrected chi connectivity index (χ3v) is 2.35. The lowest BCUT2D eigenvalue weighted by Crippen LogP contribution is -2.16. The molecule has 0 saturated carbocycles. The summed E-state index contributed by atoms with van der Waals surface area (Å²) < 4.78 is 11.1. The minimum atomic E-state index is 0.251. The summed E-state index contributed by atoms with van der Waals surface area (Å²) in [5.41, 5.74) is 0. The molecule has 1 unspecified atom stereocenters. The van der Waals surface area contributed by atoms with Gasteiger partial charge in [0.25, 0.3) is 0 Å². The van der Waals surface area contributed by atoms with Crippen molar-refractivity contribution in [2.45, 2.75) is 65.4 Å². The van der Waals surface area contributed by atoms with Crippen molar-refractivity contribution in [1.29, 1.82) is 0 Å². The third-order valence-electron chi connectivity index (χ3n) is 2.35. The first-order valence-corrected chi connectivity index (χ1v) is 6.50. The second kappa shape index (κ2) is 12.0. The van der Waals surface area contributed by atoms with E-state index in [1.54, 1.807) is 0 Å². The van der Waals surface area contributed by atoms with Crippen molar-refractivity contribution in [2.24, 2.45) is 0 Å². The average Bonchev–Trinajstić information content (AvgIpc) is 2.25. The molecule has 0 bridgehead atoms. The van der Waals surface area contributed by atoms with Gasteiger partial charge in [0.15, 0.2) is 0 Å². The SMILES string of the molecule is CCCCCCCOCC(C)OCCC. The molecule has 92 valence electrons. The molecule has 0 aromatic rings. The molecule has 0 saturated heterocycles. The summed E-state index contributed by atoms with van der Waals surface area (Å²) >= 11 is 0. The van der Waals surface area contributed by atoms with Crippen molar-refractivity contribution in [3.05, 3.63) is 0 Å². The van der Waals surface area contributed by atoms with Crippen LogP contribution >= 0.6 is 0 Å². The van der Waals surface area contributed by atoms with Gasteiger partial charge in [-0.15, -0.1) is 0 Å². The molecule has 0 aromatic carbocycles. The topological polar surface area (TPSA) is 18.5 Å². The molecular formula is C13H28O2. The molecule has 0 N–H and O–H groups in total. The molecule has 0 aliphatic heterocycles. The molecule has 0 fully saturated rings. The predicted molar refractivity (Wildman–Crippen MR) is 65.3 cm³/mol. The van der Waals surface area contributed by atoms with Crippen LogP contribution < -0.4 is 0 Å². The predicted octanol–water partition coefficient (Wildman–Crippen LogP) is 3.79. The van der Waals surface area contributed by atoms with Crippen molar-refractivity contribution < 1.29 is 9.47 Å². The smallest absolute Gasteiger partial charge is 0.0780 e. The lowest BCUT2D eigenvalue weighted by molar-refractivity contribution is -0.00715. The Balaban J connectivity index is 3.02. The van der Waals surface area contributed by atoms with Gasteiger partial charge in [-0.05, 0) is 19.8 Å². The number of hydrogen-bond acceptors (Lipinski definition) is 2. The van der Waals surface area contributed by atoms with Gasteiger partial charge >= 0.3 is 0 Å². The van der Waals surface area contributed by atoms with Crippen LogP contribution in [0.1, 0.15) is 59.3 Å². The molecule has 0 spiro atoms. The lowest BCUT2D eigenvalue weighted by atomic mass is 10.2. The highest BCUT2D eigenvalue weighted by Crippen LogP contribution is 2.02. The van der Waals surface area contributed by atoms with Crippen LogP contribution in [0.4, 0.5) is 0 Å². The Morgan fingerprint density at radius 1 is 0.867 bits per heavy atom. The van der Waals surface area contributed by atoms with Crippen molar-refractivity contribution in [3.63, 3.8) is 0 Å². The van der Waals surface area contributed by atoms with E-state index in [-0.39, 0.29) is 6.10 Å². The van der Waals surface area contributed by atoms with Crippen LogP contribution in [0.25, 0.3) is 0 Å². The fourth-order valence-electron chi connectivity index (χ4n) is 1.42. The molecule has 2 heteroatoms. The van der Waals surface area contributed by atoms with E-state index in [4.69, 9.17) is 9.47 Å². The summed E-state index contributed by atoms with van der Waals surface area (Å²) in [6.07, 6.45) is 7.85. The van der Waals surface area contributed by atoms with Crippen LogP contribution in [0.15, 0.2) is 0 Å². The Hall–Kier alpha value is -0.0800. The molecule has 1 atom stereocenters. The maximum atomic E-state index is 5.55. The molecule has 2 nitrogen and oxygen atoms in total. The maximum absolute atomic E-state index is 5.55. The van der Waals surface area contributed by atoms with Gasteiger partial charge < -0.3 is 9.47 Å². The zero-order valence-corrected chi connectivity index (χ0v) is 10.8. The summed E-state index contributed by atoms with van der Waals surface area (Å²) in [5.74, 6) is 0. The van der Waals surface area contributed by atoms with Crippen molar-refractivity contribution in [2.75, 3.05) is 19.8 Å². The van der Waals surface area contributed by atoms with E-state index >= 15 is 0 Å². The van der Waals surface area contributed by atoms with Crippen LogP contribution in [-0.2, 0) is 9.47 Å². The number of ether oxygens (including phenoxy) is 2. The molecule has 0 aromatic heterocycles. The van der Waals surface area contributed by atoms with E-state index in [1.807, 2.05) is 0 Å². The fourth-order valence-corrected chi connectivity index (χ4v) is 1.42. The number of unbranched alkanes of at least 4 members (excludes halogenated alkanes) is 4. The standard InChI is InChI=1S/C13H28O2/c1-4-6-7-8-9-11-14-12-13(3)15-10-5-2/h13H,4-12H2,1-3H3. The second-order valence-electron chi connectivity index (χ2n) is 4.17. The molecule has 0 radical (unpaired) electrons. The zero-order valence-electron chi connectivity index (χ0n) is 10.8. The van der Waals surface area contributed by atoms with E-state index in [0.717, 1.165) is 26.2 Å². The third kappa shape index (κ3) is 11.8.